The van der Waals surface area contributed by atoms with E-state index in [0.29, 0.717) is 12.0 Å². The number of halogens is 1. The highest BCUT2D eigenvalue weighted by Gasteiger charge is 2.17. The van der Waals surface area contributed by atoms with Crippen LogP contribution in [0.3, 0.4) is 0 Å². The number of hydrogen-bond donors (Lipinski definition) is 0. The van der Waals surface area contributed by atoms with E-state index < -0.39 is 5.41 Å². The molecule has 10 heavy (non-hydrogen) atoms. The molecule has 0 radical (unpaired) electrons. The molecular weight excluding hydrogens is 146 g/mol. The Balaban J connectivity index is 0. The zero-order valence-corrected chi connectivity index (χ0v) is 7.94. The standard InChI is InChI=1S/C6H12FP.C2H4/c1-4-5(2)6(3,7)8;1-2/h2,4,8H2,1,3H3;1-2H2. The molecule has 0 aromatic carbocycles. The Kier molecular flexibility index (Phi) is 7.02. The zero-order chi connectivity index (χ0) is 8.78. The van der Waals surface area contributed by atoms with Crippen LogP contribution in [-0.4, -0.2) is 5.41 Å². The summed E-state index contributed by atoms with van der Waals surface area (Å²) in [6.07, 6.45) is 0.705. The smallest absolute Gasteiger partial charge is 0.141 e. The predicted octanol–water partition coefficient (Wildman–Crippen LogP) is 3.32. The van der Waals surface area contributed by atoms with Crippen molar-refractivity contribution in [3.05, 3.63) is 25.3 Å². The molecule has 0 aliphatic carbocycles. The predicted molar refractivity (Wildman–Crippen MR) is 49.9 cm³/mol. The first kappa shape index (κ1) is 12.5. The molecule has 2 atom stereocenters. The summed E-state index contributed by atoms with van der Waals surface area (Å²) in [6, 6.07) is 0. The van der Waals surface area contributed by atoms with Crippen molar-refractivity contribution in [3.8, 4) is 0 Å². The highest BCUT2D eigenvalue weighted by atomic mass is 31.0. The van der Waals surface area contributed by atoms with Gasteiger partial charge < -0.3 is 0 Å². The molecule has 0 bridgehead atoms. The van der Waals surface area contributed by atoms with E-state index in [1.165, 1.54) is 6.92 Å². The topological polar surface area (TPSA) is 0 Å². The van der Waals surface area contributed by atoms with Gasteiger partial charge in [0, 0.05) is 0 Å². The highest BCUT2D eigenvalue weighted by molar-refractivity contribution is 7.19. The van der Waals surface area contributed by atoms with Crippen molar-refractivity contribution >= 4 is 9.24 Å². The van der Waals surface area contributed by atoms with Gasteiger partial charge in [-0.1, -0.05) is 22.7 Å². The van der Waals surface area contributed by atoms with Gasteiger partial charge in [-0.15, -0.1) is 13.2 Å². The van der Waals surface area contributed by atoms with Crippen LogP contribution in [0.2, 0.25) is 0 Å². The normalized spacial score (nSPS) is 14.4. The maximum absolute atomic E-state index is 12.6. The van der Waals surface area contributed by atoms with E-state index in [4.69, 9.17) is 0 Å². The molecule has 0 spiro atoms. The third-order valence-electron chi connectivity index (χ3n) is 1.12. The molecular formula is C8H16FP. The molecule has 0 saturated carbocycles. The Morgan fingerprint density at radius 2 is 1.90 bits per heavy atom. The van der Waals surface area contributed by atoms with E-state index >= 15 is 0 Å². The van der Waals surface area contributed by atoms with Gasteiger partial charge in [-0.3, -0.25) is 0 Å². The monoisotopic (exact) mass is 162 g/mol. The Labute approximate surface area is 65.4 Å². The van der Waals surface area contributed by atoms with Crippen molar-refractivity contribution < 1.29 is 4.39 Å². The maximum Gasteiger partial charge on any atom is 0.141 e. The SMILES string of the molecule is C=C.C=C(CC)C(C)(F)P. The Morgan fingerprint density at radius 1 is 1.60 bits per heavy atom. The lowest BCUT2D eigenvalue weighted by molar-refractivity contribution is 0.360. The zero-order valence-electron chi connectivity index (χ0n) is 6.78. The minimum absolute atomic E-state index is 0.627. The van der Waals surface area contributed by atoms with Crippen LogP contribution in [-0.2, 0) is 0 Å². The van der Waals surface area contributed by atoms with Crippen LogP contribution >= 0.6 is 9.24 Å². The van der Waals surface area contributed by atoms with Gasteiger partial charge in [-0.05, 0) is 18.9 Å². The van der Waals surface area contributed by atoms with Crippen LogP contribution in [0, 0.1) is 0 Å². The lowest BCUT2D eigenvalue weighted by Gasteiger charge is -2.14. The number of allylic oxidation sites excluding steroid dienone is 1. The third kappa shape index (κ3) is 5.97. The second-order valence-electron chi connectivity index (χ2n) is 2.03. The molecule has 0 saturated heterocycles. The summed E-state index contributed by atoms with van der Waals surface area (Å²) in [5, 5.41) is -1.27. The van der Waals surface area contributed by atoms with Gasteiger partial charge >= 0.3 is 0 Å². The molecule has 0 heterocycles. The maximum atomic E-state index is 12.6. The average Bonchev–Trinajstić information content (AvgIpc) is 1.89. The quantitative estimate of drug-likeness (QED) is 0.431. The van der Waals surface area contributed by atoms with Crippen LogP contribution in [0.25, 0.3) is 0 Å². The van der Waals surface area contributed by atoms with Crippen LogP contribution in [0.4, 0.5) is 4.39 Å². The Hall–Kier alpha value is -0.160. The molecule has 0 nitrogen and oxygen atoms in total. The summed E-state index contributed by atoms with van der Waals surface area (Å²) in [6.45, 7) is 12.9. The number of rotatable bonds is 2. The number of alkyl halides is 1. The fourth-order valence-electron chi connectivity index (χ4n) is 0.346. The molecule has 2 unspecified atom stereocenters. The molecule has 0 aliphatic rings. The van der Waals surface area contributed by atoms with Crippen molar-refractivity contribution in [2.45, 2.75) is 25.7 Å². The first-order valence-electron chi connectivity index (χ1n) is 3.14. The van der Waals surface area contributed by atoms with Crippen LogP contribution in [0.5, 0.6) is 0 Å². The Morgan fingerprint density at radius 3 is 1.90 bits per heavy atom. The average molecular weight is 162 g/mol. The van der Waals surface area contributed by atoms with Gasteiger partial charge in [0.1, 0.15) is 5.41 Å². The molecule has 0 rings (SSSR count). The van der Waals surface area contributed by atoms with E-state index in [1.807, 2.05) is 6.92 Å². The van der Waals surface area contributed by atoms with Crippen molar-refractivity contribution in [3.63, 3.8) is 0 Å². The summed E-state index contributed by atoms with van der Waals surface area (Å²) in [4.78, 5) is 0. The van der Waals surface area contributed by atoms with E-state index in [1.54, 1.807) is 0 Å². The first-order valence-corrected chi connectivity index (χ1v) is 3.72. The van der Waals surface area contributed by atoms with Gasteiger partial charge in [0.2, 0.25) is 0 Å². The largest absolute Gasteiger partial charge is 0.235 e. The molecule has 0 fully saturated rings. The van der Waals surface area contributed by atoms with Gasteiger partial charge in [-0.2, -0.15) is 0 Å². The van der Waals surface area contributed by atoms with Crippen LogP contribution in [0.15, 0.2) is 25.3 Å². The van der Waals surface area contributed by atoms with Crippen molar-refractivity contribution in [2.24, 2.45) is 0 Å². The molecule has 0 aromatic heterocycles. The second kappa shape index (κ2) is 5.61. The van der Waals surface area contributed by atoms with E-state index in [-0.39, 0.29) is 0 Å². The summed E-state index contributed by atoms with van der Waals surface area (Å²) in [5.74, 6) is 0. The van der Waals surface area contributed by atoms with Crippen molar-refractivity contribution in [1.29, 1.82) is 0 Å². The fourth-order valence-corrected chi connectivity index (χ4v) is 0.550. The summed E-state index contributed by atoms with van der Waals surface area (Å²) in [5.41, 5.74) is 0.627. The van der Waals surface area contributed by atoms with E-state index in [0.717, 1.165) is 0 Å². The molecule has 60 valence electrons. The van der Waals surface area contributed by atoms with Crippen LogP contribution < -0.4 is 0 Å². The fraction of sp³-hybridized carbons (Fsp3) is 0.500. The van der Waals surface area contributed by atoms with Gasteiger partial charge in [0.25, 0.3) is 0 Å². The van der Waals surface area contributed by atoms with Crippen molar-refractivity contribution in [1.82, 2.24) is 0 Å². The first-order chi connectivity index (χ1) is 4.48. The molecule has 0 amide bonds. The van der Waals surface area contributed by atoms with Crippen LogP contribution in [0.1, 0.15) is 20.3 Å². The minimum Gasteiger partial charge on any atom is -0.235 e. The molecule has 0 aliphatic heterocycles. The lowest BCUT2D eigenvalue weighted by atomic mass is 10.1. The second-order valence-corrected chi connectivity index (χ2v) is 3.12. The highest BCUT2D eigenvalue weighted by Crippen LogP contribution is 2.28. The van der Waals surface area contributed by atoms with E-state index in [2.05, 4.69) is 29.0 Å². The van der Waals surface area contributed by atoms with Gasteiger partial charge in [-0.25, -0.2) is 4.39 Å². The van der Waals surface area contributed by atoms with Gasteiger partial charge in [0.15, 0.2) is 0 Å². The van der Waals surface area contributed by atoms with Gasteiger partial charge in [0.05, 0.1) is 0 Å². The lowest BCUT2D eigenvalue weighted by Crippen LogP contribution is -2.08. The summed E-state index contributed by atoms with van der Waals surface area (Å²) < 4.78 is 12.6. The molecule has 0 aromatic rings. The minimum atomic E-state index is -1.27. The van der Waals surface area contributed by atoms with Crippen molar-refractivity contribution in [2.75, 3.05) is 0 Å². The van der Waals surface area contributed by atoms with E-state index in [9.17, 15) is 4.39 Å². The number of hydrogen-bond acceptors (Lipinski definition) is 0. The third-order valence-corrected chi connectivity index (χ3v) is 1.53. The molecule has 0 N–H and O–H groups in total. The summed E-state index contributed by atoms with van der Waals surface area (Å²) >= 11 is 0. The summed E-state index contributed by atoms with van der Waals surface area (Å²) in [7, 11) is 2.11. The molecule has 2 heteroatoms. The Bertz CT molecular complexity index is 102.